The number of anilines is 2. The molecule has 14 heteroatoms. The fourth-order valence-corrected chi connectivity index (χ4v) is 3.90. The number of carbonyl (C=O) groups excluding carboxylic acids is 1. The van der Waals surface area contributed by atoms with Gasteiger partial charge in [0.15, 0.2) is 29.0 Å². The van der Waals surface area contributed by atoms with Gasteiger partial charge in [-0.3, -0.25) is 4.79 Å². The first-order valence-electron chi connectivity index (χ1n) is 10.3. The zero-order chi connectivity index (χ0) is 24.9. The summed E-state index contributed by atoms with van der Waals surface area (Å²) in [4.78, 5) is 20.4. The Labute approximate surface area is 192 Å². The number of pyridine rings is 1. The number of hydrogen-bond acceptors (Lipinski definition) is 5. The van der Waals surface area contributed by atoms with Crippen molar-refractivity contribution in [3.05, 3.63) is 59.9 Å². The average molecular weight is 495 g/mol. The minimum absolute atomic E-state index is 0.0193. The van der Waals surface area contributed by atoms with Gasteiger partial charge >= 0.3 is 6.18 Å². The molecule has 2 N–H and O–H groups in total. The molecular weight excluding hydrogens is 480 g/mol. The number of aromatic nitrogens is 5. The minimum Gasteiger partial charge on any atom is -0.359 e. The third kappa shape index (κ3) is 4.26. The molecular formula is C21H15F6N7O. The summed E-state index contributed by atoms with van der Waals surface area (Å²) >= 11 is 0. The van der Waals surface area contributed by atoms with Gasteiger partial charge in [0.25, 0.3) is 5.91 Å². The van der Waals surface area contributed by atoms with Gasteiger partial charge in [0, 0.05) is 36.8 Å². The fraction of sp³-hybridized carbons (Fsp3) is 0.238. The van der Waals surface area contributed by atoms with E-state index >= 15 is 0 Å². The molecule has 8 nitrogen and oxygen atoms in total. The molecule has 5 rings (SSSR count). The van der Waals surface area contributed by atoms with Crippen molar-refractivity contribution in [3.63, 3.8) is 0 Å². The van der Waals surface area contributed by atoms with E-state index in [1.54, 1.807) is 0 Å². The Kier molecular flexibility index (Phi) is 5.37. The summed E-state index contributed by atoms with van der Waals surface area (Å²) in [6.07, 6.45) is -0.764. The molecule has 4 aromatic rings. The number of nitrogens with one attached hydrogen (secondary N) is 2. The van der Waals surface area contributed by atoms with Crippen LogP contribution < -0.4 is 10.2 Å². The van der Waals surface area contributed by atoms with Gasteiger partial charge in [0.1, 0.15) is 0 Å². The predicted octanol–water partition coefficient (Wildman–Crippen LogP) is 4.20. The normalized spacial score (nSPS) is 16.3. The van der Waals surface area contributed by atoms with Crippen molar-refractivity contribution in [2.24, 2.45) is 5.92 Å². The van der Waals surface area contributed by atoms with E-state index in [1.165, 1.54) is 23.5 Å². The molecule has 0 radical (unpaired) electrons. The SMILES string of the molecule is O=C(Nc1c[nH]c2cc(F)c(F)cc12)c1cn(-c2cnc(N3CCC(C(F)(F)F)C3)c(F)c2)nn1. The smallest absolute Gasteiger partial charge is 0.359 e. The van der Waals surface area contributed by atoms with Crippen molar-refractivity contribution >= 4 is 28.3 Å². The average Bonchev–Trinajstić information content (AvgIpc) is 3.54. The molecule has 4 heterocycles. The van der Waals surface area contributed by atoms with Crippen LogP contribution in [0.25, 0.3) is 16.6 Å². The maximum absolute atomic E-state index is 14.7. The Bertz CT molecular complexity index is 1430. The number of nitrogens with zero attached hydrogens (tertiary/aromatic N) is 5. The van der Waals surface area contributed by atoms with Crippen LogP contribution in [0.5, 0.6) is 0 Å². The van der Waals surface area contributed by atoms with Gasteiger partial charge in [-0.25, -0.2) is 22.8 Å². The molecule has 0 spiro atoms. The molecule has 0 aliphatic carbocycles. The number of halogens is 6. The van der Waals surface area contributed by atoms with Crippen LogP contribution in [0.2, 0.25) is 0 Å². The predicted molar refractivity (Wildman–Crippen MR) is 112 cm³/mol. The summed E-state index contributed by atoms with van der Waals surface area (Å²) in [5.74, 6) is -5.45. The summed E-state index contributed by atoms with van der Waals surface area (Å²) in [5, 5.41) is 10.2. The lowest BCUT2D eigenvalue weighted by Crippen LogP contribution is -2.28. The van der Waals surface area contributed by atoms with E-state index in [1.807, 2.05) is 0 Å². The number of carbonyl (C=O) groups is 1. The summed E-state index contributed by atoms with van der Waals surface area (Å²) < 4.78 is 81.4. The molecule has 0 bridgehead atoms. The van der Waals surface area contributed by atoms with E-state index in [0.29, 0.717) is 0 Å². The highest BCUT2D eigenvalue weighted by Gasteiger charge is 2.44. The molecule has 0 saturated carbocycles. The minimum atomic E-state index is -4.36. The standard InChI is InChI=1S/C21H15F6N7O/c22-13-4-12-16(5-14(13)23)28-7-17(12)30-20(35)18-9-34(32-31-18)11-3-15(24)19(29-6-11)33-2-1-10(8-33)21(25,26)27/h3-7,9-10,28H,1-2,8H2,(H,30,35). The molecule has 3 aromatic heterocycles. The van der Waals surface area contributed by atoms with Crippen molar-refractivity contribution in [1.82, 2.24) is 25.0 Å². The van der Waals surface area contributed by atoms with Gasteiger partial charge in [0.05, 0.1) is 35.2 Å². The summed E-state index contributed by atoms with van der Waals surface area (Å²) in [6, 6.07) is 2.91. The zero-order valence-corrected chi connectivity index (χ0v) is 17.6. The van der Waals surface area contributed by atoms with Gasteiger partial charge in [0.2, 0.25) is 0 Å². The van der Waals surface area contributed by atoms with Crippen LogP contribution in [0.3, 0.4) is 0 Å². The van der Waals surface area contributed by atoms with Crippen LogP contribution in [0.1, 0.15) is 16.9 Å². The molecule has 1 fully saturated rings. The quantitative estimate of drug-likeness (QED) is 0.414. The van der Waals surface area contributed by atoms with Gasteiger partial charge < -0.3 is 15.2 Å². The second kappa shape index (κ2) is 8.29. The second-order valence-corrected chi connectivity index (χ2v) is 7.99. The summed E-state index contributed by atoms with van der Waals surface area (Å²) in [6.45, 7) is -0.365. The molecule has 182 valence electrons. The highest BCUT2D eigenvalue weighted by Crippen LogP contribution is 2.35. The van der Waals surface area contributed by atoms with E-state index in [4.69, 9.17) is 0 Å². The van der Waals surface area contributed by atoms with Gasteiger partial charge in [-0.15, -0.1) is 5.10 Å². The van der Waals surface area contributed by atoms with Crippen LogP contribution in [0.15, 0.2) is 36.8 Å². The fourth-order valence-electron chi connectivity index (χ4n) is 3.90. The van der Waals surface area contributed by atoms with Crippen molar-refractivity contribution in [3.8, 4) is 5.69 Å². The Balaban J connectivity index is 1.32. The molecule has 1 saturated heterocycles. The number of benzene rings is 1. The van der Waals surface area contributed by atoms with E-state index in [0.717, 1.165) is 22.9 Å². The molecule has 1 amide bonds. The first-order valence-corrected chi connectivity index (χ1v) is 10.3. The van der Waals surface area contributed by atoms with E-state index < -0.39 is 35.5 Å². The number of fused-ring (bicyclic) bond motifs is 1. The Hall–Kier alpha value is -4.10. The van der Waals surface area contributed by atoms with Gasteiger partial charge in [-0.05, 0) is 12.5 Å². The van der Waals surface area contributed by atoms with Gasteiger partial charge in [-0.1, -0.05) is 5.21 Å². The molecule has 1 aliphatic rings. The van der Waals surface area contributed by atoms with E-state index in [2.05, 4.69) is 25.6 Å². The van der Waals surface area contributed by atoms with Crippen LogP contribution >= 0.6 is 0 Å². The Morgan fingerprint density at radius 3 is 2.60 bits per heavy atom. The van der Waals surface area contributed by atoms with Crippen molar-refractivity contribution in [2.75, 3.05) is 23.3 Å². The molecule has 1 unspecified atom stereocenters. The van der Waals surface area contributed by atoms with Crippen LogP contribution in [-0.2, 0) is 0 Å². The summed E-state index contributed by atoms with van der Waals surface area (Å²) in [5.41, 5.74) is 0.371. The topological polar surface area (TPSA) is 91.7 Å². The van der Waals surface area contributed by atoms with Crippen molar-refractivity contribution in [1.29, 1.82) is 0 Å². The Morgan fingerprint density at radius 2 is 1.89 bits per heavy atom. The van der Waals surface area contributed by atoms with Crippen molar-refractivity contribution < 1.29 is 31.1 Å². The largest absolute Gasteiger partial charge is 0.393 e. The molecule has 1 atom stereocenters. The number of rotatable bonds is 4. The maximum atomic E-state index is 14.7. The lowest BCUT2D eigenvalue weighted by atomic mass is 10.1. The summed E-state index contributed by atoms with van der Waals surface area (Å²) in [7, 11) is 0. The van der Waals surface area contributed by atoms with Crippen LogP contribution in [0.4, 0.5) is 37.8 Å². The monoisotopic (exact) mass is 495 g/mol. The van der Waals surface area contributed by atoms with E-state index in [-0.39, 0.29) is 53.3 Å². The zero-order valence-electron chi connectivity index (χ0n) is 17.6. The second-order valence-electron chi connectivity index (χ2n) is 7.99. The highest BCUT2D eigenvalue weighted by molar-refractivity contribution is 6.07. The lowest BCUT2D eigenvalue weighted by Gasteiger charge is -2.19. The molecule has 1 aromatic carbocycles. The van der Waals surface area contributed by atoms with E-state index in [9.17, 15) is 31.1 Å². The third-order valence-corrected chi connectivity index (χ3v) is 5.72. The van der Waals surface area contributed by atoms with Crippen molar-refractivity contribution in [2.45, 2.75) is 12.6 Å². The number of alkyl halides is 3. The first-order chi connectivity index (χ1) is 16.6. The van der Waals surface area contributed by atoms with Gasteiger partial charge in [-0.2, -0.15) is 13.2 Å². The maximum Gasteiger partial charge on any atom is 0.393 e. The van der Waals surface area contributed by atoms with Crippen LogP contribution in [0, 0.1) is 23.4 Å². The Morgan fingerprint density at radius 1 is 1.11 bits per heavy atom. The number of H-pyrrole nitrogens is 1. The third-order valence-electron chi connectivity index (χ3n) is 5.72. The number of hydrogen-bond donors (Lipinski definition) is 2. The highest BCUT2D eigenvalue weighted by atomic mass is 19.4. The molecule has 35 heavy (non-hydrogen) atoms. The number of aromatic amines is 1. The van der Waals surface area contributed by atoms with Crippen LogP contribution in [-0.4, -0.2) is 50.1 Å². The molecule has 1 aliphatic heterocycles. The number of amides is 1. The first kappa shape index (κ1) is 22.7. The lowest BCUT2D eigenvalue weighted by molar-refractivity contribution is -0.168.